The van der Waals surface area contributed by atoms with Gasteiger partial charge in [0.2, 0.25) is 5.91 Å². The third kappa shape index (κ3) is 2.89. The van der Waals surface area contributed by atoms with Crippen molar-refractivity contribution >= 4 is 17.7 Å². The zero-order valence-electron chi connectivity index (χ0n) is 8.90. The molecule has 0 heterocycles. The van der Waals surface area contributed by atoms with E-state index in [2.05, 4.69) is 0 Å². The van der Waals surface area contributed by atoms with Gasteiger partial charge in [-0.05, 0) is 25.5 Å². The molecule has 1 atom stereocenters. The monoisotopic (exact) mass is 217 g/mol. The molecule has 4 heteroatoms. The molecular formula is C10H19NO2S. The first-order valence-electron chi connectivity index (χ1n) is 5.18. The summed E-state index contributed by atoms with van der Waals surface area (Å²) >= 11 is 1.60. The summed E-state index contributed by atoms with van der Waals surface area (Å²) in [5.74, 6) is 0.205. The molecule has 1 aliphatic carbocycles. The van der Waals surface area contributed by atoms with Crippen molar-refractivity contribution in [2.75, 3.05) is 19.4 Å². The van der Waals surface area contributed by atoms with Crippen LogP contribution >= 0.6 is 11.8 Å². The molecule has 1 saturated carbocycles. The number of rotatable bonds is 6. The van der Waals surface area contributed by atoms with Crippen molar-refractivity contribution in [1.29, 1.82) is 0 Å². The molecule has 82 valence electrons. The quantitative estimate of drug-likeness (QED) is 0.724. The van der Waals surface area contributed by atoms with Crippen molar-refractivity contribution in [3.63, 3.8) is 0 Å². The van der Waals surface area contributed by atoms with Crippen LogP contribution in [-0.4, -0.2) is 46.6 Å². The highest BCUT2D eigenvalue weighted by molar-refractivity contribution is 7.99. The molecule has 0 aromatic carbocycles. The maximum atomic E-state index is 12.0. The minimum atomic E-state index is 0.0714. The van der Waals surface area contributed by atoms with E-state index in [0.29, 0.717) is 12.6 Å². The van der Waals surface area contributed by atoms with Gasteiger partial charge in [-0.3, -0.25) is 4.79 Å². The minimum Gasteiger partial charge on any atom is -0.395 e. The van der Waals surface area contributed by atoms with E-state index < -0.39 is 0 Å². The molecule has 0 spiro atoms. The van der Waals surface area contributed by atoms with Crippen LogP contribution in [-0.2, 0) is 4.79 Å². The molecule has 3 nitrogen and oxygen atoms in total. The smallest absolute Gasteiger partial charge is 0.235 e. The fourth-order valence-electron chi connectivity index (χ4n) is 1.59. The zero-order valence-corrected chi connectivity index (χ0v) is 9.72. The van der Waals surface area contributed by atoms with E-state index in [1.807, 2.05) is 18.1 Å². The lowest BCUT2D eigenvalue weighted by atomic mass is 10.3. The lowest BCUT2D eigenvalue weighted by Gasteiger charge is -2.25. The van der Waals surface area contributed by atoms with Gasteiger partial charge in [0.15, 0.2) is 0 Å². The summed E-state index contributed by atoms with van der Waals surface area (Å²) in [6, 6.07) is 0.413. The van der Waals surface area contributed by atoms with Crippen LogP contribution in [0.4, 0.5) is 0 Å². The van der Waals surface area contributed by atoms with Crippen molar-refractivity contribution < 1.29 is 9.90 Å². The van der Waals surface area contributed by atoms with E-state index in [1.165, 1.54) is 0 Å². The molecule has 0 saturated heterocycles. The van der Waals surface area contributed by atoms with Crippen LogP contribution in [0.25, 0.3) is 0 Å². The Morgan fingerprint density at radius 1 is 1.64 bits per heavy atom. The van der Waals surface area contributed by atoms with Gasteiger partial charge in [-0.25, -0.2) is 0 Å². The van der Waals surface area contributed by atoms with E-state index in [9.17, 15) is 4.79 Å². The number of amides is 1. The fourth-order valence-corrected chi connectivity index (χ4v) is 2.26. The van der Waals surface area contributed by atoms with Crippen LogP contribution in [0.3, 0.4) is 0 Å². The van der Waals surface area contributed by atoms with Crippen LogP contribution in [0.1, 0.15) is 26.2 Å². The lowest BCUT2D eigenvalue weighted by Crippen LogP contribution is -2.40. The minimum absolute atomic E-state index is 0.0714. The predicted molar refractivity (Wildman–Crippen MR) is 59.4 cm³/mol. The first kappa shape index (κ1) is 11.9. The average molecular weight is 217 g/mol. The number of carbonyl (C=O) groups is 1. The van der Waals surface area contributed by atoms with Gasteiger partial charge in [-0.15, -0.1) is 0 Å². The maximum Gasteiger partial charge on any atom is 0.235 e. The van der Waals surface area contributed by atoms with Gasteiger partial charge in [0.25, 0.3) is 0 Å². The Morgan fingerprint density at radius 2 is 2.29 bits per heavy atom. The third-order valence-corrected chi connectivity index (χ3v) is 3.65. The molecule has 0 bridgehead atoms. The largest absolute Gasteiger partial charge is 0.395 e. The van der Waals surface area contributed by atoms with E-state index >= 15 is 0 Å². The van der Waals surface area contributed by atoms with Gasteiger partial charge in [0.05, 0.1) is 11.9 Å². The van der Waals surface area contributed by atoms with Crippen molar-refractivity contribution in [3.05, 3.63) is 0 Å². The van der Waals surface area contributed by atoms with Crippen LogP contribution in [0, 0.1) is 0 Å². The maximum absolute atomic E-state index is 12.0. The molecule has 1 fully saturated rings. The van der Waals surface area contributed by atoms with E-state index in [-0.39, 0.29) is 17.8 Å². The summed E-state index contributed by atoms with van der Waals surface area (Å²) in [6.07, 6.45) is 5.05. The van der Waals surface area contributed by atoms with Crippen LogP contribution in [0.15, 0.2) is 0 Å². The lowest BCUT2D eigenvalue weighted by molar-refractivity contribution is -0.131. The molecular weight excluding hydrogens is 198 g/mol. The average Bonchev–Trinajstić information content (AvgIpc) is 2.99. The number of carbonyl (C=O) groups excluding carboxylic acids is 1. The Hall–Kier alpha value is -0.220. The molecule has 1 amide bonds. The number of hydrogen-bond donors (Lipinski definition) is 1. The zero-order chi connectivity index (χ0) is 10.6. The van der Waals surface area contributed by atoms with Crippen LogP contribution in [0.2, 0.25) is 0 Å². The van der Waals surface area contributed by atoms with Gasteiger partial charge in [0.1, 0.15) is 0 Å². The number of thioether (sulfide) groups is 1. The van der Waals surface area contributed by atoms with Crippen molar-refractivity contribution in [3.8, 4) is 0 Å². The Balaban J connectivity index is 2.52. The molecule has 0 radical (unpaired) electrons. The second kappa shape index (κ2) is 5.61. The Kier molecular flexibility index (Phi) is 4.75. The first-order chi connectivity index (χ1) is 6.74. The Morgan fingerprint density at radius 3 is 2.64 bits per heavy atom. The molecule has 1 aliphatic rings. The Labute approximate surface area is 89.9 Å². The van der Waals surface area contributed by atoms with Gasteiger partial charge in [-0.1, -0.05) is 6.92 Å². The van der Waals surface area contributed by atoms with Gasteiger partial charge < -0.3 is 10.0 Å². The van der Waals surface area contributed by atoms with E-state index in [0.717, 1.165) is 19.3 Å². The number of hydrogen-bond acceptors (Lipinski definition) is 3. The first-order valence-corrected chi connectivity index (χ1v) is 6.47. The normalized spacial score (nSPS) is 17.9. The number of aliphatic hydroxyl groups excluding tert-OH is 1. The predicted octanol–water partition coefficient (Wildman–Crippen LogP) is 1.11. The SMILES string of the molecule is CCC(SC)C(=O)N(CCO)C1CC1. The van der Waals surface area contributed by atoms with Gasteiger partial charge in [-0.2, -0.15) is 11.8 Å². The second-order valence-corrected chi connectivity index (χ2v) is 4.66. The van der Waals surface area contributed by atoms with Crippen LogP contribution < -0.4 is 0 Å². The van der Waals surface area contributed by atoms with Crippen molar-refractivity contribution in [2.24, 2.45) is 0 Å². The highest BCUT2D eigenvalue weighted by Gasteiger charge is 2.34. The summed E-state index contributed by atoms with van der Waals surface area (Å²) in [6.45, 7) is 2.61. The molecule has 1 N–H and O–H groups in total. The third-order valence-electron chi connectivity index (χ3n) is 2.54. The summed E-state index contributed by atoms with van der Waals surface area (Å²) in [4.78, 5) is 13.8. The van der Waals surface area contributed by atoms with Gasteiger partial charge in [0, 0.05) is 12.6 Å². The van der Waals surface area contributed by atoms with E-state index in [4.69, 9.17) is 5.11 Å². The molecule has 14 heavy (non-hydrogen) atoms. The summed E-state index contributed by atoms with van der Waals surface area (Å²) in [5, 5.41) is 8.96. The summed E-state index contributed by atoms with van der Waals surface area (Å²) < 4.78 is 0. The van der Waals surface area contributed by atoms with Crippen molar-refractivity contribution in [1.82, 2.24) is 4.90 Å². The Bertz CT molecular complexity index is 191. The summed E-state index contributed by atoms with van der Waals surface area (Å²) in [5.41, 5.74) is 0. The molecule has 0 aromatic heterocycles. The summed E-state index contributed by atoms with van der Waals surface area (Å²) in [7, 11) is 0. The van der Waals surface area contributed by atoms with Crippen LogP contribution in [0.5, 0.6) is 0 Å². The number of nitrogens with zero attached hydrogens (tertiary/aromatic N) is 1. The highest BCUT2D eigenvalue weighted by Crippen LogP contribution is 2.28. The highest BCUT2D eigenvalue weighted by atomic mass is 32.2. The van der Waals surface area contributed by atoms with Gasteiger partial charge >= 0.3 is 0 Å². The topological polar surface area (TPSA) is 40.5 Å². The number of aliphatic hydroxyl groups is 1. The molecule has 1 unspecified atom stereocenters. The van der Waals surface area contributed by atoms with Crippen molar-refractivity contribution in [2.45, 2.75) is 37.5 Å². The molecule has 1 rings (SSSR count). The standard InChI is InChI=1S/C10H19NO2S/c1-3-9(14-2)10(13)11(6-7-12)8-4-5-8/h8-9,12H,3-7H2,1-2H3. The molecule has 0 aliphatic heterocycles. The van der Waals surface area contributed by atoms with E-state index in [1.54, 1.807) is 11.8 Å². The molecule has 0 aromatic rings. The fraction of sp³-hybridized carbons (Fsp3) is 0.900. The second-order valence-electron chi connectivity index (χ2n) is 3.62.